The Morgan fingerprint density at radius 2 is 1.95 bits per heavy atom. The molecule has 1 heterocycles. The van der Waals surface area contributed by atoms with Crippen molar-refractivity contribution in [2.45, 2.75) is 13.8 Å². The molecule has 106 valence electrons. The molecular weight excluding hydrogens is 256 g/mol. The van der Waals surface area contributed by atoms with E-state index >= 15 is 0 Å². The van der Waals surface area contributed by atoms with Crippen LogP contribution in [0.5, 0.6) is 0 Å². The number of carbonyl (C=O) groups is 2. The molecular formula is C15H18N2O3. The molecule has 0 atom stereocenters. The third kappa shape index (κ3) is 2.88. The zero-order valence-corrected chi connectivity index (χ0v) is 11.9. The Labute approximate surface area is 118 Å². The Morgan fingerprint density at radius 1 is 1.20 bits per heavy atom. The maximum atomic E-state index is 12.1. The minimum absolute atomic E-state index is 0.267. The summed E-state index contributed by atoms with van der Waals surface area (Å²) in [4.78, 5) is 25.0. The Bertz CT molecular complexity index is 578. The topological polar surface area (TPSA) is 58.6 Å². The van der Waals surface area contributed by atoms with Gasteiger partial charge < -0.3 is 10.1 Å². The van der Waals surface area contributed by atoms with Crippen LogP contribution in [0.15, 0.2) is 30.0 Å². The van der Waals surface area contributed by atoms with E-state index in [0.717, 1.165) is 11.3 Å². The molecule has 0 saturated heterocycles. The van der Waals surface area contributed by atoms with Gasteiger partial charge in [0, 0.05) is 18.9 Å². The number of rotatable bonds is 5. The van der Waals surface area contributed by atoms with E-state index in [1.165, 1.54) is 23.6 Å². The fourth-order valence-corrected chi connectivity index (χ4v) is 1.97. The van der Waals surface area contributed by atoms with Crippen molar-refractivity contribution in [1.82, 2.24) is 4.90 Å². The van der Waals surface area contributed by atoms with Gasteiger partial charge in [0.15, 0.2) is 0 Å². The van der Waals surface area contributed by atoms with E-state index in [2.05, 4.69) is 5.32 Å². The summed E-state index contributed by atoms with van der Waals surface area (Å²) in [5, 5.41) is 3.00. The Morgan fingerprint density at radius 3 is 2.60 bits per heavy atom. The smallest absolute Gasteiger partial charge is 0.277 e. The monoisotopic (exact) mass is 274 g/mol. The molecule has 2 rings (SSSR count). The first kappa shape index (κ1) is 14.3. The van der Waals surface area contributed by atoms with E-state index in [1.807, 2.05) is 32.0 Å². The number of anilines is 1. The van der Waals surface area contributed by atoms with Crippen molar-refractivity contribution in [2.24, 2.45) is 0 Å². The number of imide groups is 1. The van der Waals surface area contributed by atoms with Gasteiger partial charge in [0.25, 0.3) is 11.8 Å². The van der Waals surface area contributed by atoms with Crippen molar-refractivity contribution in [3.63, 3.8) is 0 Å². The summed E-state index contributed by atoms with van der Waals surface area (Å²) in [6, 6.07) is 5.81. The van der Waals surface area contributed by atoms with Crippen LogP contribution in [0, 0.1) is 13.8 Å². The maximum absolute atomic E-state index is 12.1. The Kier molecular flexibility index (Phi) is 4.20. The summed E-state index contributed by atoms with van der Waals surface area (Å²) in [6.07, 6.45) is 1.33. The Hall–Kier alpha value is -2.14. The molecule has 1 aromatic rings. The van der Waals surface area contributed by atoms with Gasteiger partial charge in [-0.2, -0.15) is 0 Å². The van der Waals surface area contributed by atoms with E-state index in [1.54, 1.807) is 0 Å². The van der Waals surface area contributed by atoms with Gasteiger partial charge in [-0.15, -0.1) is 0 Å². The molecule has 1 aliphatic rings. The van der Waals surface area contributed by atoms with Crippen LogP contribution < -0.4 is 5.32 Å². The second kappa shape index (κ2) is 5.88. The number of hydrogen-bond acceptors (Lipinski definition) is 4. The molecule has 1 aromatic carbocycles. The Balaban J connectivity index is 2.10. The number of methoxy groups -OCH3 is 1. The van der Waals surface area contributed by atoms with Gasteiger partial charge in [-0.25, -0.2) is 0 Å². The molecule has 0 radical (unpaired) electrons. The molecule has 0 saturated carbocycles. The van der Waals surface area contributed by atoms with Gasteiger partial charge in [0.05, 0.1) is 13.2 Å². The number of benzene rings is 1. The lowest BCUT2D eigenvalue weighted by atomic mass is 10.1. The SMILES string of the molecule is COCCN1C(=O)C=C(Nc2ccc(C)c(C)c2)C1=O. The molecule has 2 amide bonds. The maximum Gasteiger partial charge on any atom is 0.277 e. The van der Waals surface area contributed by atoms with E-state index in [9.17, 15) is 9.59 Å². The van der Waals surface area contributed by atoms with Gasteiger partial charge in [0.2, 0.25) is 0 Å². The highest BCUT2D eigenvalue weighted by Crippen LogP contribution is 2.19. The summed E-state index contributed by atoms with van der Waals surface area (Å²) < 4.78 is 4.89. The van der Waals surface area contributed by atoms with E-state index in [0.29, 0.717) is 12.3 Å². The molecule has 5 nitrogen and oxygen atoms in total. The number of carbonyl (C=O) groups excluding carboxylic acids is 2. The van der Waals surface area contributed by atoms with Gasteiger partial charge in [0.1, 0.15) is 5.70 Å². The predicted octanol–water partition coefficient (Wildman–Crippen LogP) is 1.61. The fraction of sp³-hybridized carbons (Fsp3) is 0.333. The van der Waals surface area contributed by atoms with Crippen molar-refractivity contribution in [3.8, 4) is 0 Å². The molecule has 5 heteroatoms. The lowest BCUT2D eigenvalue weighted by Gasteiger charge is -2.14. The highest BCUT2D eigenvalue weighted by atomic mass is 16.5. The quantitative estimate of drug-likeness (QED) is 0.829. The molecule has 0 aromatic heterocycles. The third-order valence-electron chi connectivity index (χ3n) is 3.31. The summed E-state index contributed by atoms with van der Waals surface area (Å²) in [5.74, 6) is -0.622. The second-order valence-electron chi connectivity index (χ2n) is 4.77. The van der Waals surface area contributed by atoms with Crippen molar-refractivity contribution < 1.29 is 14.3 Å². The van der Waals surface area contributed by atoms with Crippen molar-refractivity contribution >= 4 is 17.5 Å². The van der Waals surface area contributed by atoms with Crippen LogP contribution in [0.4, 0.5) is 5.69 Å². The van der Waals surface area contributed by atoms with Gasteiger partial charge in [-0.05, 0) is 37.1 Å². The number of nitrogens with zero attached hydrogens (tertiary/aromatic N) is 1. The standard InChI is InChI=1S/C15H18N2O3/c1-10-4-5-12(8-11(10)2)16-13-9-14(18)17(15(13)19)6-7-20-3/h4-5,8-9,16H,6-7H2,1-3H3. The van der Waals surface area contributed by atoms with E-state index in [-0.39, 0.29) is 18.4 Å². The third-order valence-corrected chi connectivity index (χ3v) is 3.31. The molecule has 0 spiro atoms. The van der Waals surface area contributed by atoms with Crippen molar-refractivity contribution in [3.05, 3.63) is 41.1 Å². The lowest BCUT2D eigenvalue weighted by Crippen LogP contribution is -2.34. The number of hydrogen-bond donors (Lipinski definition) is 1. The van der Waals surface area contributed by atoms with E-state index < -0.39 is 0 Å². The molecule has 1 N–H and O–H groups in total. The van der Waals surface area contributed by atoms with Gasteiger partial charge in [-0.1, -0.05) is 6.07 Å². The highest BCUT2D eigenvalue weighted by Gasteiger charge is 2.30. The van der Waals surface area contributed by atoms with Crippen LogP contribution in [0.2, 0.25) is 0 Å². The zero-order valence-electron chi connectivity index (χ0n) is 11.9. The summed E-state index contributed by atoms with van der Waals surface area (Å²) >= 11 is 0. The molecule has 0 bridgehead atoms. The first-order valence-electron chi connectivity index (χ1n) is 6.43. The van der Waals surface area contributed by atoms with Crippen LogP contribution >= 0.6 is 0 Å². The van der Waals surface area contributed by atoms with Crippen LogP contribution in [-0.2, 0) is 14.3 Å². The largest absolute Gasteiger partial charge is 0.383 e. The molecule has 0 aliphatic carbocycles. The first-order valence-corrected chi connectivity index (χ1v) is 6.43. The van der Waals surface area contributed by atoms with Crippen LogP contribution in [0.1, 0.15) is 11.1 Å². The zero-order chi connectivity index (χ0) is 14.7. The van der Waals surface area contributed by atoms with Crippen LogP contribution in [0.3, 0.4) is 0 Å². The minimum Gasteiger partial charge on any atom is -0.383 e. The average Bonchev–Trinajstić information content (AvgIpc) is 2.67. The van der Waals surface area contributed by atoms with Crippen LogP contribution in [0.25, 0.3) is 0 Å². The fourth-order valence-electron chi connectivity index (χ4n) is 1.97. The van der Waals surface area contributed by atoms with Gasteiger partial charge >= 0.3 is 0 Å². The normalized spacial score (nSPS) is 14.8. The molecule has 1 aliphatic heterocycles. The summed E-state index contributed by atoms with van der Waals surface area (Å²) in [6.45, 7) is 4.63. The second-order valence-corrected chi connectivity index (χ2v) is 4.77. The number of aryl methyl sites for hydroxylation is 2. The number of amides is 2. The number of ether oxygens (including phenoxy) is 1. The summed E-state index contributed by atoms with van der Waals surface area (Å²) in [5.41, 5.74) is 3.41. The minimum atomic E-state index is -0.315. The van der Waals surface area contributed by atoms with Crippen molar-refractivity contribution in [1.29, 1.82) is 0 Å². The van der Waals surface area contributed by atoms with E-state index in [4.69, 9.17) is 4.74 Å². The van der Waals surface area contributed by atoms with Crippen LogP contribution in [-0.4, -0.2) is 37.0 Å². The average molecular weight is 274 g/mol. The first-order chi connectivity index (χ1) is 9.52. The summed E-state index contributed by atoms with van der Waals surface area (Å²) in [7, 11) is 1.53. The molecule has 0 fully saturated rings. The van der Waals surface area contributed by atoms with Crippen molar-refractivity contribution in [2.75, 3.05) is 25.6 Å². The predicted molar refractivity (Wildman–Crippen MR) is 76.2 cm³/mol. The number of nitrogens with one attached hydrogen (secondary N) is 1. The van der Waals surface area contributed by atoms with Gasteiger partial charge in [-0.3, -0.25) is 14.5 Å². The lowest BCUT2D eigenvalue weighted by molar-refractivity contribution is -0.137. The highest BCUT2D eigenvalue weighted by molar-refractivity contribution is 6.17. The molecule has 0 unspecified atom stereocenters. The molecule has 20 heavy (non-hydrogen) atoms.